The van der Waals surface area contributed by atoms with Crippen molar-refractivity contribution in [3.63, 3.8) is 0 Å². The molecule has 2 N–H and O–H groups in total. The molecular weight excluding hydrogens is 300 g/mol. The van der Waals surface area contributed by atoms with Crippen LogP contribution in [0.1, 0.15) is 36.2 Å². The van der Waals surface area contributed by atoms with Crippen molar-refractivity contribution in [2.45, 2.75) is 31.2 Å². The van der Waals surface area contributed by atoms with E-state index in [0.717, 1.165) is 12.8 Å². The summed E-state index contributed by atoms with van der Waals surface area (Å²) in [6.45, 7) is 0. The molecule has 0 radical (unpaired) electrons. The second-order valence-electron chi connectivity index (χ2n) is 4.39. The number of nitrogens with one attached hydrogen (secondary N) is 1. The molecule has 1 heterocycles. The number of carbonyl (C=O) groups excluding carboxylic acids is 1. The molecule has 6 heteroatoms. The maximum Gasteiger partial charge on any atom is 0.329 e. The lowest BCUT2D eigenvalue weighted by Crippen LogP contribution is -2.52. The predicted molar refractivity (Wildman–Crippen MR) is 68.2 cm³/mol. The molecule has 2 rings (SSSR count). The number of carbonyl (C=O) groups is 2. The molecule has 0 aliphatic heterocycles. The number of carboxylic acids is 1. The Morgan fingerprint density at radius 2 is 2.00 bits per heavy atom. The lowest BCUT2D eigenvalue weighted by Gasteiger charge is -2.25. The number of rotatable bonds is 3. The molecule has 1 aromatic rings. The summed E-state index contributed by atoms with van der Waals surface area (Å²) in [4.78, 5) is 27.3. The van der Waals surface area contributed by atoms with Crippen LogP contribution in [0.25, 0.3) is 0 Å². The van der Waals surface area contributed by atoms with Crippen molar-refractivity contribution in [1.82, 2.24) is 10.3 Å². The normalized spacial score (nSPS) is 17.4. The highest BCUT2D eigenvalue weighted by molar-refractivity contribution is 9.10. The predicted octanol–water partition coefficient (Wildman–Crippen LogP) is 1.97. The average molecular weight is 313 g/mol. The standard InChI is InChI=1S/C12H13BrN2O3/c13-9-5-3-4-8(14-9)10(16)15-12(11(17)18)6-1-2-7-12/h3-5H,1-2,6-7H2,(H,15,16)(H,17,18). The fraction of sp³-hybridized carbons (Fsp3) is 0.417. The summed E-state index contributed by atoms with van der Waals surface area (Å²) < 4.78 is 0.547. The Morgan fingerprint density at radius 1 is 1.33 bits per heavy atom. The minimum Gasteiger partial charge on any atom is -0.480 e. The van der Waals surface area contributed by atoms with Crippen LogP contribution < -0.4 is 5.32 Å². The van der Waals surface area contributed by atoms with Crippen molar-refractivity contribution in [3.05, 3.63) is 28.5 Å². The number of nitrogens with zero attached hydrogens (tertiary/aromatic N) is 1. The van der Waals surface area contributed by atoms with E-state index in [9.17, 15) is 14.7 Å². The summed E-state index contributed by atoms with van der Waals surface area (Å²) in [5.74, 6) is -1.41. The van der Waals surface area contributed by atoms with Gasteiger partial charge in [-0.1, -0.05) is 18.9 Å². The third-order valence-electron chi connectivity index (χ3n) is 3.17. The molecule has 0 spiro atoms. The SMILES string of the molecule is O=C(NC1(C(=O)O)CCCC1)c1cccc(Br)n1. The first kappa shape index (κ1) is 13.0. The summed E-state index contributed by atoms with van der Waals surface area (Å²) in [5, 5.41) is 11.9. The molecule has 1 aromatic heterocycles. The average Bonchev–Trinajstić information content (AvgIpc) is 2.79. The van der Waals surface area contributed by atoms with Crippen molar-refractivity contribution in [1.29, 1.82) is 0 Å². The van der Waals surface area contributed by atoms with Gasteiger partial charge in [-0.15, -0.1) is 0 Å². The Labute approximate surface area is 113 Å². The van der Waals surface area contributed by atoms with Crippen LogP contribution in [0.3, 0.4) is 0 Å². The van der Waals surface area contributed by atoms with Gasteiger partial charge in [-0.3, -0.25) is 4.79 Å². The number of pyridine rings is 1. The van der Waals surface area contributed by atoms with E-state index in [-0.39, 0.29) is 5.69 Å². The van der Waals surface area contributed by atoms with Gasteiger partial charge < -0.3 is 10.4 Å². The van der Waals surface area contributed by atoms with Crippen LogP contribution in [0.5, 0.6) is 0 Å². The number of halogens is 1. The smallest absolute Gasteiger partial charge is 0.329 e. The zero-order chi connectivity index (χ0) is 13.2. The van der Waals surface area contributed by atoms with E-state index in [4.69, 9.17) is 0 Å². The van der Waals surface area contributed by atoms with E-state index < -0.39 is 17.4 Å². The molecule has 0 saturated heterocycles. The molecule has 0 bridgehead atoms. The minimum atomic E-state index is -1.12. The van der Waals surface area contributed by atoms with Gasteiger partial charge in [0.2, 0.25) is 0 Å². The first-order valence-corrected chi connectivity index (χ1v) is 6.51. The van der Waals surface area contributed by atoms with Crippen LogP contribution in [0.15, 0.2) is 22.8 Å². The first-order chi connectivity index (χ1) is 8.53. The highest BCUT2D eigenvalue weighted by atomic mass is 79.9. The van der Waals surface area contributed by atoms with Crippen LogP contribution in [0.4, 0.5) is 0 Å². The molecule has 1 saturated carbocycles. The van der Waals surface area contributed by atoms with Crippen molar-refractivity contribution >= 4 is 27.8 Å². The fourth-order valence-corrected chi connectivity index (χ4v) is 2.53. The molecule has 96 valence electrons. The Balaban J connectivity index is 2.18. The molecule has 1 aliphatic rings. The van der Waals surface area contributed by atoms with E-state index in [1.54, 1.807) is 18.2 Å². The maximum absolute atomic E-state index is 12.0. The monoisotopic (exact) mass is 312 g/mol. The number of amides is 1. The summed E-state index contributed by atoms with van der Waals surface area (Å²) in [6.07, 6.45) is 2.58. The Morgan fingerprint density at radius 3 is 2.56 bits per heavy atom. The van der Waals surface area contributed by atoms with E-state index >= 15 is 0 Å². The summed E-state index contributed by atoms with van der Waals surface area (Å²) in [6, 6.07) is 4.96. The molecule has 18 heavy (non-hydrogen) atoms. The lowest BCUT2D eigenvalue weighted by atomic mass is 9.97. The van der Waals surface area contributed by atoms with Gasteiger partial charge in [0.15, 0.2) is 0 Å². The van der Waals surface area contributed by atoms with Crippen LogP contribution in [-0.4, -0.2) is 27.5 Å². The van der Waals surface area contributed by atoms with Gasteiger partial charge in [0, 0.05) is 0 Å². The van der Waals surface area contributed by atoms with Gasteiger partial charge in [0.1, 0.15) is 15.8 Å². The fourth-order valence-electron chi connectivity index (χ4n) is 2.19. The van der Waals surface area contributed by atoms with E-state index in [2.05, 4.69) is 26.2 Å². The van der Waals surface area contributed by atoms with Crippen LogP contribution in [0.2, 0.25) is 0 Å². The number of carboxylic acid groups (broad SMARTS) is 1. The van der Waals surface area contributed by atoms with Gasteiger partial charge in [-0.2, -0.15) is 0 Å². The number of aliphatic carboxylic acids is 1. The number of hydrogen-bond donors (Lipinski definition) is 2. The third kappa shape index (κ3) is 2.53. The Bertz CT molecular complexity index is 484. The molecule has 1 aliphatic carbocycles. The second-order valence-corrected chi connectivity index (χ2v) is 5.21. The van der Waals surface area contributed by atoms with Crippen LogP contribution >= 0.6 is 15.9 Å². The maximum atomic E-state index is 12.0. The van der Waals surface area contributed by atoms with Crippen molar-refractivity contribution in [2.75, 3.05) is 0 Å². The van der Waals surface area contributed by atoms with Crippen LogP contribution in [-0.2, 0) is 4.79 Å². The quantitative estimate of drug-likeness (QED) is 0.836. The topological polar surface area (TPSA) is 79.3 Å². The van der Waals surface area contributed by atoms with Gasteiger partial charge in [0.25, 0.3) is 5.91 Å². The summed E-state index contributed by atoms with van der Waals surface area (Å²) in [7, 11) is 0. The van der Waals surface area contributed by atoms with E-state index in [1.165, 1.54) is 0 Å². The lowest BCUT2D eigenvalue weighted by molar-refractivity contribution is -0.144. The van der Waals surface area contributed by atoms with Crippen molar-refractivity contribution < 1.29 is 14.7 Å². The Hall–Kier alpha value is -1.43. The van der Waals surface area contributed by atoms with Crippen molar-refractivity contribution in [3.8, 4) is 0 Å². The molecule has 0 atom stereocenters. The van der Waals surface area contributed by atoms with Gasteiger partial charge in [-0.05, 0) is 40.9 Å². The zero-order valence-electron chi connectivity index (χ0n) is 9.65. The van der Waals surface area contributed by atoms with Crippen LogP contribution in [0, 0.1) is 0 Å². The molecule has 0 unspecified atom stereocenters. The van der Waals surface area contributed by atoms with Gasteiger partial charge >= 0.3 is 5.97 Å². The Kier molecular flexibility index (Phi) is 3.65. The number of hydrogen-bond acceptors (Lipinski definition) is 3. The van der Waals surface area contributed by atoms with Crippen molar-refractivity contribution in [2.24, 2.45) is 0 Å². The minimum absolute atomic E-state index is 0.219. The highest BCUT2D eigenvalue weighted by Gasteiger charge is 2.42. The van der Waals surface area contributed by atoms with E-state index in [0.29, 0.717) is 17.4 Å². The molecule has 5 nitrogen and oxygen atoms in total. The summed E-state index contributed by atoms with van der Waals surface area (Å²) in [5.41, 5.74) is -0.905. The third-order valence-corrected chi connectivity index (χ3v) is 3.61. The summed E-state index contributed by atoms with van der Waals surface area (Å²) >= 11 is 3.18. The second kappa shape index (κ2) is 5.06. The van der Waals surface area contributed by atoms with Gasteiger partial charge in [0.05, 0.1) is 0 Å². The zero-order valence-corrected chi connectivity index (χ0v) is 11.2. The molecular formula is C12H13BrN2O3. The molecule has 1 amide bonds. The number of aromatic nitrogens is 1. The van der Waals surface area contributed by atoms with E-state index in [1.807, 2.05) is 0 Å². The largest absolute Gasteiger partial charge is 0.480 e. The highest BCUT2D eigenvalue weighted by Crippen LogP contribution is 2.30. The van der Waals surface area contributed by atoms with Gasteiger partial charge in [-0.25, -0.2) is 9.78 Å². The molecule has 1 fully saturated rings. The first-order valence-electron chi connectivity index (χ1n) is 5.72. The molecule has 0 aromatic carbocycles.